The number of nitrogens with zero attached hydrogens (tertiary/aromatic N) is 2. The second-order valence-electron chi connectivity index (χ2n) is 4.54. The zero-order valence-electron chi connectivity index (χ0n) is 10.7. The van der Waals surface area contributed by atoms with Crippen LogP contribution in [0.15, 0.2) is 6.07 Å². The topological polar surface area (TPSA) is 44.2 Å². The van der Waals surface area contributed by atoms with E-state index in [2.05, 4.69) is 9.97 Å². The van der Waals surface area contributed by atoms with E-state index in [4.69, 9.17) is 21.1 Å². The van der Waals surface area contributed by atoms with Gasteiger partial charge in [0, 0.05) is 12.7 Å². The lowest BCUT2D eigenvalue weighted by molar-refractivity contribution is 0.127. The summed E-state index contributed by atoms with van der Waals surface area (Å²) in [4.78, 5) is 8.39. The molecule has 1 fully saturated rings. The number of ether oxygens (including phenoxy) is 2. The van der Waals surface area contributed by atoms with Crippen molar-refractivity contribution in [1.29, 1.82) is 0 Å². The van der Waals surface area contributed by atoms with Crippen LogP contribution in [-0.4, -0.2) is 23.2 Å². The fourth-order valence-electron chi connectivity index (χ4n) is 2.15. The molecular weight excluding hydrogens is 252 g/mol. The summed E-state index contributed by atoms with van der Waals surface area (Å²) in [5.74, 6) is 1.79. The molecule has 0 N–H and O–H groups in total. The Labute approximate surface area is 113 Å². The van der Waals surface area contributed by atoms with Gasteiger partial charge in [0.05, 0.1) is 6.61 Å². The standard InChI is InChI=1S/C13H19ClN2O2/c1-2-17-9-12-15-11(14)7-13(16-12)18-8-10-5-3-4-6-10/h7,10H,2-6,8-9H2,1H3. The third kappa shape index (κ3) is 4.10. The molecule has 5 heteroatoms. The molecule has 0 aliphatic heterocycles. The van der Waals surface area contributed by atoms with Gasteiger partial charge in [0.25, 0.3) is 0 Å². The summed E-state index contributed by atoms with van der Waals surface area (Å²) < 4.78 is 11.0. The molecule has 0 saturated heterocycles. The fraction of sp³-hybridized carbons (Fsp3) is 0.692. The molecule has 0 atom stereocenters. The van der Waals surface area contributed by atoms with E-state index in [0.29, 0.717) is 36.0 Å². The van der Waals surface area contributed by atoms with Crippen molar-refractivity contribution < 1.29 is 9.47 Å². The Morgan fingerprint density at radius 1 is 1.33 bits per heavy atom. The van der Waals surface area contributed by atoms with Crippen LogP contribution in [0.5, 0.6) is 5.88 Å². The lowest BCUT2D eigenvalue weighted by atomic mass is 10.1. The average molecular weight is 271 g/mol. The SMILES string of the molecule is CCOCc1nc(Cl)cc(OCC2CCCC2)n1. The molecule has 0 amide bonds. The minimum Gasteiger partial charge on any atom is -0.477 e. The van der Waals surface area contributed by atoms with Crippen LogP contribution in [0.1, 0.15) is 38.4 Å². The smallest absolute Gasteiger partial charge is 0.218 e. The van der Waals surface area contributed by atoms with Crippen molar-refractivity contribution in [3.05, 3.63) is 17.0 Å². The maximum absolute atomic E-state index is 5.94. The molecule has 0 aromatic carbocycles. The van der Waals surface area contributed by atoms with Crippen LogP contribution in [0.4, 0.5) is 0 Å². The first-order valence-electron chi connectivity index (χ1n) is 6.52. The second kappa shape index (κ2) is 6.90. The molecule has 1 aliphatic carbocycles. The monoisotopic (exact) mass is 270 g/mol. The van der Waals surface area contributed by atoms with Gasteiger partial charge >= 0.3 is 0 Å². The van der Waals surface area contributed by atoms with Crippen molar-refractivity contribution in [2.45, 2.75) is 39.2 Å². The Morgan fingerprint density at radius 2 is 2.11 bits per heavy atom. The van der Waals surface area contributed by atoms with Gasteiger partial charge in [-0.25, -0.2) is 4.98 Å². The first-order valence-corrected chi connectivity index (χ1v) is 6.89. The van der Waals surface area contributed by atoms with Crippen molar-refractivity contribution in [2.75, 3.05) is 13.2 Å². The van der Waals surface area contributed by atoms with Gasteiger partial charge in [-0.1, -0.05) is 24.4 Å². The van der Waals surface area contributed by atoms with Gasteiger partial charge < -0.3 is 9.47 Å². The van der Waals surface area contributed by atoms with Gasteiger partial charge in [0.2, 0.25) is 5.88 Å². The summed E-state index contributed by atoms with van der Waals surface area (Å²) in [5.41, 5.74) is 0. The summed E-state index contributed by atoms with van der Waals surface area (Å²) in [6.07, 6.45) is 5.14. The van der Waals surface area contributed by atoms with Crippen LogP contribution >= 0.6 is 11.6 Å². The van der Waals surface area contributed by atoms with Crippen molar-refractivity contribution in [3.63, 3.8) is 0 Å². The molecule has 18 heavy (non-hydrogen) atoms. The van der Waals surface area contributed by atoms with Gasteiger partial charge in [-0.05, 0) is 25.7 Å². The summed E-state index contributed by atoms with van der Waals surface area (Å²) in [6, 6.07) is 1.66. The van der Waals surface area contributed by atoms with E-state index >= 15 is 0 Å². The molecule has 1 aromatic rings. The minimum absolute atomic E-state index is 0.372. The van der Waals surface area contributed by atoms with Crippen LogP contribution in [-0.2, 0) is 11.3 Å². The summed E-state index contributed by atoms with van der Waals surface area (Å²) in [7, 11) is 0. The lowest BCUT2D eigenvalue weighted by Gasteiger charge is -2.11. The molecule has 4 nitrogen and oxygen atoms in total. The average Bonchev–Trinajstić information content (AvgIpc) is 2.86. The molecule has 0 spiro atoms. The van der Waals surface area contributed by atoms with E-state index < -0.39 is 0 Å². The first-order chi connectivity index (χ1) is 8.78. The Kier molecular flexibility index (Phi) is 5.20. The van der Waals surface area contributed by atoms with E-state index in [1.807, 2.05) is 6.92 Å². The van der Waals surface area contributed by atoms with Crippen LogP contribution < -0.4 is 4.74 Å². The number of rotatable bonds is 6. The van der Waals surface area contributed by atoms with E-state index in [9.17, 15) is 0 Å². The van der Waals surface area contributed by atoms with E-state index in [-0.39, 0.29) is 0 Å². The van der Waals surface area contributed by atoms with Crippen LogP contribution in [0, 0.1) is 5.92 Å². The zero-order valence-corrected chi connectivity index (χ0v) is 11.4. The molecule has 1 aliphatic rings. The van der Waals surface area contributed by atoms with Crippen molar-refractivity contribution in [1.82, 2.24) is 9.97 Å². The minimum atomic E-state index is 0.372. The maximum atomic E-state index is 5.94. The van der Waals surface area contributed by atoms with E-state index in [1.54, 1.807) is 6.07 Å². The van der Waals surface area contributed by atoms with Gasteiger partial charge in [-0.15, -0.1) is 0 Å². The lowest BCUT2D eigenvalue weighted by Crippen LogP contribution is -2.10. The van der Waals surface area contributed by atoms with E-state index in [0.717, 1.165) is 6.61 Å². The number of aromatic nitrogens is 2. The molecular formula is C13H19ClN2O2. The molecule has 1 saturated carbocycles. The Bertz CT molecular complexity index is 381. The highest BCUT2D eigenvalue weighted by Gasteiger charge is 2.16. The van der Waals surface area contributed by atoms with Crippen molar-refractivity contribution in [3.8, 4) is 5.88 Å². The molecule has 1 heterocycles. The van der Waals surface area contributed by atoms with Gasteiger partial charge in [-0.3, -0.25) is 0 Å². The van der Waals surface area contributed by atoms with Gasteiger partial charge in [-0.2, -0.15) is 4.98 Å². The molecule has 100 valence electrons. The highest BCUT2D eigenvalue weighted by Crippen LogP contribution is 2.25. The Balaban J connectivity index is 1.91. The molecule has 1 aromatic heterocycles. The quantitative estimate of drug-likeness (QED) is 0.745. The maximum Gasteiger partial charge on any atom is 0.218 e. The third-order valence-corrected chi connectivity index (χ3v) is 3.29. The molecule has 2 rings (SSSR count). The molecule has 0 bridgehead atoms. The summed E-state index contributed by atoms with van der Waals surface area (Å²) in [5, 5.41) is 0.404. The second-order valence-corrected chi connectivity index (χ2v) is 4.93. The van der Waals surface area contributed by atoms with Gasteiger partial charge in [0.15, 0.2) is 5.82 Å². The van der Waals surface area contributed by atoms with E-state index in [1.165, 1.54) is 25.7 Å². The summed E-state index contributed by atoms with van der Waals surface area (Å²) in [6.45, 7) is 3.66. The van der Waals surface area contributed by atoms with Crippen molar-refractivity contribution >= 4 is 11.6 Å². The number of hydrogen-bond donors (Lipinski definition) is 0. The molecule has 0 unspecified atom stereocenters. The Hall–Kier alpha value is -0.870. The predicted octanol–water partition coefficient (Wildman–Crippen LogP) is 3.24. The fourth-order valence-corrected chi connectivity index (χ4v) is 2.34. The van der Waals surface area contributed by atoms with Crippen LogP contribution in [0.25, 0.3) is 0 Å². The van der Waals surface area contributed by atoms with Crippen molar-refractivity contribution in [2.24, 2.45) is 5.92 Å². The van der Waals surface area contributed by atoms with Crippen LogP contribution in [0.2, 0.25) is 5.15 Å². The van der Waals surface area contributed by atoms with Crippen LogP contribution in [0.3, 0.4) is 0 Å². The highest BCUT2D eigenvalue weighted by molar-refractivity contribution is 6.29. The first kappa shape index (κ1) is 13.6. The molecule has 0 radical (unpaired) electrons. The number of hydrogen-bond acceptors (Lipinski definition) is 4. The number of halogens is 1. The summed E-state index contributed by atoms with van der Waals surface area (Å²) >= 11 is 5.94. The van der Waals surface area contributed by atoms with Gasteiger partial charge in [0.1, 0.15) is 11.8 Å². The third-order valence-electron chi connectivity index (χ3n) is 3.09. The predicted molar refractivity (Wildman–Crippen MR) is 69.8 cm³/mol. The normalized spacial score (nSPS) is 16.1. The highest BCUT2D eigenvalue weighted by atomic mass is 35.5. The Morgan fingerprint density at radius 3 is 2.83 bits per heavy atom. The largest absolute Gasteiger partial charge is 0.477 e. The zero-order chi connectivity index (χ0) is 12.8.